The number of hydrogen-bond donors (Lipinski definition) is 3. The second-order valence-electron chi connectivity index (χ2n) is 6.36. The largest absolute Gasteiger partial charge is 0.341 e. The number of nitrogens with zero attached hydrogens (tertiary/aromatic N) is 4. The molecule has 2 aromatic carbocycles. The van der Waals surface area contributed by atoms with Crippen LogP contribution in [0, 0.1) is 20.2 Å². The summed E-state index contributed by atoms with van der Waals surface area (Å²) in [5.74, 6) is 0. The van der Waals surface area contributed by atoms with Crippen molar-refractivity contribution in [1.29, 1.82) is 0 Å². The minimum Gasteiger partial charge on any atom is -0.341 e. The first-order chi connectivity index (χ1) is 14.7. The fraction of sp³-hybridized carbons (Fsp3) is 0.0588. The summed E-state index contributed by atoms with van der Waals surface area (Å²) >= 11 is 17.4. The summed E-state index contributed by atoms with van der Waals surface area (Å²) in [6.07, 6.45) is 1.04. The zero-order valence-corrected chi connectivity index (χ0v) is 17.5. The van der Waals surface area contributed by atoms with Gasteiger partial charge in [-0.25, -0.2) is 10.1 Å². The van der Waals surface area contributed by atoms with Crippen LogP contribution in [0.5, 0.6) is 0 Å². The Morgan fingerprint density at radius 1 is 1.10 bits per heavy atom. The van der Waals surface area contributed by atoms with Crippen LogP contribution < -0.4 is 16.2 Å². The molecule has 0 saturated carbocycles. The van der Waals surface area contributed by atoms with Crippen molar-refractivity contribution in [3.63, 3.8) is 0 Å². The van der Waals surface area contributed by atoms with Gasteiger partial charge in [-0.05, 0) is 36.5 Å². The lowest BCUT2D eigenvalue weighted by Gasteiger charge is -2.10. The topological polar surface area (TPSA) is 140 Å². The lowest BCUT2D eigenvalue weighted by molar-refractivity contribution is -0.394. The second-order valence-corrected chi connectivity index (χ2v) is 7.62. The van der Waals surface area contributed by atoms with Gasteiger partial charge in [-0.3, -0.25) is 25.7 Å². The van der Waals surface area contributed by atoms with Crippen molar-refractivity contribution in [3.05, 3.63) is 78.4 Å². The molecule has 0 radical (unpaired) electrons. The van der Waals surface area contributed by atoms with Crippen LogP contribution in [0.15, 0.2) is 42.6 Å². The van der Waals surface area contributed by atoms with E-state index in [2.05, 4.69) is 21.3 Å². The van der Waals surface area contributed by atoms with Gasteiger partial charge in [0.1, 0.15) is 17.5 Å². The van der Waals surface area contributed by atoms with Gasteiger partial charge in [0.05, 0.1) is 20.9 Å². The summed E-state index contributed by atoms with van der Waals surface area (Å²) in [4.78, 5) is 21.2. The molecule has 158 valence electrons. The average Bonchev–Trinajstić information content (AvgIpc) is 3.33. The maximum absolute atomic E-state index is 11.6. The number of thiocarbonyl (C=S) groups is 1. The Labute approximate surface area is 189 Å². The Morgan fingerprint density at radius 3 is 2.48 bits per heavy atom. The molecule has 1 aromatic heterocycles. The second kappa shape index (κ2) is 8.07. The SMILES string of the molecule is O=[N+]([O-])c1ccc(-n2cc(C3NNC(=S)N3)c(-c3ccc(Cl)cc3Cl)n2)c([N+](=O)[O-])c1. The van der Waals surface area contributed by atoms with Gasteiger partial charge in [-0.1, -0.05) is 23.2 Å². The Balaban J connectivity index is 1.91. The van der Waals surface area contributed by atoms with Crippen LogP contribution in [0.3, 0.4) is 0 Å². The highest BCUT2D eigenvalue weighted by molar-refractivity contribution is 7.80. The number of aromatic nitrogens is 2. The Bertz CT molecular complexity index is 1250. The highest BCUT2D eigenvalue weighted by atomic mass is 35.5. The lowest BCUT2D eigenvalue weighted by atomic mass is 10.1. The van der Waals surface area contributed by atoms with E-state index in [1.54, 1.807) is 24.4 Å². The number of non-ortho nitro benzene ring substituents is 1. The predicted molar refractivity (Wildman–Crippen MR) is 117 cm³/mol. The Morgan fingerprint density at radius 2 is 1.87 bits per heavy atom. The van der Waals surface area contributed by atoms with Crippen molar-refractivity contribution in [1.82, 2.24) is 25.9 Å². The van der Waals surface area contributed by atoms with E-state index in [1.807, 2.05) is 0 Å². The Kier molecular flexibility index (Phi) is 5.45. The van der Waals surface area contributed by atoms with Gasteiger partial charge in [0, 0.05) is 28.4 Å². The van der Waals surface area contributed by atoms with Gasteiger partial charge in [-0.2, -0.15) is 5.10 Å². The van der Waals surface area contributed by atoms with Crippen LogP contribution in [-0.4, -0.2) is 24.7 Å². The molecule has 0 spiro atoms. The van der Waals surface area contributed by atoms with Crippen molar-refractivity contribution in [2.24, 2.45) is 0 Å². The van der Waals surface area contributed by atoms with E-state index in [0.717, 1.165) is 6.07 Å². The first-order valence-corrected chi connectivity index (χ1v) is 9.71. The number of hydrazine groups is 1. The molecule has 1 saturated heterocycles. The first-order valence-electron chi connectivity index (χ1n) is 8.55. The molecule has 1 unspecified atom stereocenters. The molecule has 31 heavy (non-hydrogen) atoms. The number of rotatable bonds is 5. The van der Waals surface area contributed by atoms with Gasteiger partial charge < -0.3 is 5.32 Å². The highest BCUT2D eigenvalue weighted by Gasteiger charge is 2.28. The maximum atomic E-state index is 11.6. The van der Waals surface area contributed by atoms with Gasteiger partial charge in [0.15, 0.2) is 5.11 Å². The summed E-state index contributed by atoms with van der Waals surface area (Å²) in [6.45, 7) is 0. The number of halogens is 2. The van der Waals surface area contributed by atoms with E-state index in [0.29, 0.717) is 32.0 Å². The van der Waals surface area contributed by atoms with Crippen molar-refractivity contribution in [3.8, 4) is 16.9 Å². The van der Waals surface area contributed by atoms with Crippen LogP contribution in [0.2, 0.25) is 10.0 Å². The molecule has 1 aliphatic heterocycles. The predicted octanol–water partition coefficient (Wildman–Crippen LogP) is 3.64. The monoisotopic (exact) mass is 479 g/mol. The van der Waals surface area contributed by atoms with Crippen LogP contribution in [0.1, 0.15) is 11.7 Å². The third kappa shape index (κ3) is 4.01. The first kappa shape index (κ1) is 20.9. The van der Waals surface area contributed by atoms with Crippen molar-refractivity contribution in [2.45, 2.75) is 6.17 Å². The normalized spacial score (nSPS) is 15.4. The molecule has 2 heterocycles. The lowest BCUT2D eigenvalue weighted by Crippen LogP contribution is -2.26. The van der Waals surface area contributed by atoms with Gasteiger partial charge >= 0.3 is 5.69 Å². The minimum absolute atomic E-state index is 0.0433. The van der Waals surface area contributed by atoms with Crippen molar-refractivity contribution in [2.75, 3.05) is 0 Å². The molecule has 0 bridgehead atoms. The fourth-order valence-corrected chi connectivity index (χ4v) is 3.75. The minimum atomic E-state index is -0.707. The highest BCUT2D eigenvalue weighted by Crippen LogP contribution is 2.36. The summed E-state index contributed by atoms with van der Waals surface area (Å²) in [7, 11) is 0. The standard InChI is InChI=1S/C17H11Cl2N7O4S/c18-8-1-3-10(12(19)5-8)15-11(16-20-17(31)22-21-16)7-24(23-15)13-4-2-9(25(27)28)6-14(13)26(29)30/h1-7,16,21H,(H2,20,22,31). The van der Waals surface area contributed by atoms with Gasteiger partial charge in [-0.15, -0.1) is 0 Å². The van der Waals surface area contributed by atoms with Crippen LogP contribution in [0.4, 0.5) is 11.4 Å². The number of nitrogens with one attached hydrogen (secondary N) is 3. The molecule has 3 aromatic rings. The third-order valence-corrected chi connectivity index (χ3v) is 5.23. The molecule has 14 heteroatoms. The van der Waals surface area contributed by atoms with Crippen molar-refractivity contribution >= 4 is 51.9 Å². The maximum Gasteiger partial charge on any atom is 0.301 e. The summed E-state index contributed by atoms with van der Waals surface area (Å²) in [6, 6.07) is 8.17. The van der Waals surface area contributed by atoms with E-state index in [4.69, 9.17) is 35.4 Å². The Hall–Kier alpha value is -3.32. The molecule has 1 atom stereocenters. The molecule has 4 rings (SSSR count). The molecule has 0 amide bonds. The van der Waals surface area contributed by atoms with Crippen molar-refractivity contribution < 1.29 is 9.85 Å². The number of benzene rings is 2. The number of nitro benzene ring substituents is 2. The van der Waals surface area contributed by atoms with E-state index >= 15 is 0 Å². The zero-order valence-electron chi connectivity index (χ0n) is 15.2. The molecule has 1 fully saturated rings. The smallest absolute Gasteiger partial charge is 0.301 e. The van der Waals surface area contributed by atoms with Crippen LogP contribution in [-0.2, 0) is 0 Å². The average molecular weight is 480 g/mol. The van der Waals surface area contributed by atoms with Gasteiger partial charge in [0.25, 0.3) is 5.69 Å². The molecule has 11 nitrogen and oxygen atoms in total. The van der Waals surface area contributed by atoms with E-state index in [9.17, 15) is 20.2 Å². The molecule has 3 N–H and O–H groups in total. The third-order valence-electron chi connectivity index (χ3n) is 4.46. The summed E-state index contributed by atoms with van der Waals surface area (Å²) in [5, 5.41) is 31.2. The number of hydrogen-bond acceptors (Lipinski definition) is 7. The molecular formula is C17H11Cl2N7O4S. The molecule has 0 aliphatic carbocycles. The fourth-order valence-electron chi connectivity index (χ4n) is 3.07. The zero-order chi connectivity index (χ0) is 22.3. The summed E-state index contributed by atoms with van der Waals surface area (Å²) in [5.41, 5.74) is 6.39. The van der Waals surface area contributed by atoms with Crippen LogP contribution >= 0.6 is 35.4 Å². The molecule has 1 aliphatic rings. The van der Waals surface area contributed by atoms with E-state index in [1.165, 1.54) is 16.8 Å². The van der Waals surface area contributed by atoms with Crippen LogP contribution in [0.25, 0.3) is 16.9 Å². The van der Waals surface area contributed by atoms with E-state index < -0.39 is 27.4 Å². The quantitative estimate of drug-likeness (QED) is 0.284. The van der Waals surface area contributed by atoms with Gasteiger partial charge in [0.2, 0.25) is 0 Å². The summed E-state index contributed by atoms with van der Waals surface area (Å²) < 4.78 is 1.27. The number of nitro groups is 2. The van der Waals surface area contributed by atoms with E-state index in [-0.39, 0.29) is 5.69 Å². The molecular weight excluding hydrogens is 469 g/mol.